The van der Waals surface area contributed by atoms with Gasteiger partial charge in [-0.25, -0.2) is 0 Å². The summed E-state index contributed by atoms with van der Waals surface area (Å²) in [6.45, 7) is 0. The molecule has 0 amide bonds. The van der Waals surface area contributed by atoms with Gasteiger partial charge >= 0.3 is 23.1 Å². The zero-order valence-corrected chi connectivity index (χ0v) is 7.52. The molecule has 0 aliphatic heterocycles. The quantitative estimate of drug-likeness (QED) is 0.297. The van der Waals surface area contributed by atoms with Crippen molar-refractivity contribution in [3.8, 4) is 0 Å². The van der Waals surface area contributed by atoms with Crippen molar-refractivity contribution in [3.63, 3.8) is 0 Å². The Morgan fingerprint density at radius 1 is 0.800 bits per heavy atom. The molecule has 0 aromatic carbocycles. The van der Waals surface area contributed by atoms with Gasteiger partial charge in [0.1, 0.15) is 0 Å². The van der Waals surface area contributed by atoms with Gasteiger partial charge in [0.15, 0.2) is 0 Å². The third kappa shape index (κ3) is 731. The van der Waals surface area contributed by atoms with Crippen molar-refractivity contribution in [1.82, 2.24) is 0 Å². The Morgan fingerprint density at radius 3 is 0.800 bits per heavy atom. The molecule has 0 aliphatic carbocycles. The van der Waals surface area contributed by atoms with E-state index in [-0.39, 0.29) is 28.5 Å². The van der Waals surface area contributed by atoms with Crippen LogP contribution in [0.15, 0.2) is 0 Å². The van der Waals surface area contributed by atoms with E-state index < -0.39 is 22.7 Å². The minimum atomic E-state index is -3.11. The second-order valence-corrected chi connectivity index (χ2v) is 1.22. The predicted molar refractivity (Wildman–Crippen MR) is 28.8 cm³/mol. The van der Waals surface area contributed by atoms with Crippen LogP contribution in [0.2, 0.25) is 0 Å². The van der Waals surface area contributed by atoms with Gasteiger partial charge in [-0.15, -0.1) is 22.7 Å². The zero-order chi connectivity index (χ0) is 7.15. The van der Waals surface area contributed by atoms with Crippen LogP contribution in [0.4, 0.5) is 0 Å². The van der Waals surface area contributed by atoms with Gasteiger partial charge in [0.2, 0.25) is 0 Å². The number of hydrogen-bond donors (Lipinski definition) is 0. The summed E-state index contributed by atoms with van der Waals surface area (Å²) in [6, 6.07) is 0. The molecule has 7 nitrogen and oxygen atoms in total. The molecule has 0 aromatic heterocycles. The van der Waals surface area contributed by atoms with E-state index in [9.17, 15) is 0 Å². The maximum Gasteiger partial charge on any atom is 2.00 e. The Morgan fingerprint density at radius 2 is 0.800 bits per heavy atom. The van der Waals surface area contributed by atoms with E-state index >= 15 is 0 Å². The Balaban J connectivity index is -0.0000000300. The maximum absolute atomic E-state index is 8.44. The van der Waals surface area contributed by atoms with Crippen LogP contribution in [-0.2, 0) is 22.7 Å². The molecule has 0 aromatic rings. The molecule has 0 atom stereocenters. The summed E-state index contributed by atoms with van der Waals surface area (Å²) in [5.74, 6) is 0. The van der Waals surface area contributed by atoms with E-state index in [1.807, 2.05) is 0 Å². The van der Waals surface area contributed by atoms with Crippen LogP contribution in [0, 0.1) is 0 Å². The summed E-state index contributed by atoms with van der Waals surface area (Å²) >= 11 is -6.22. The van der Waals surface area contributed by atoms with E-state index in [1.165, 1.54) is 0 Å². The van der Waals surface area contributed by atoms with Gasteiger partial charge in [0.05, 0.1) is 0 Å². The molecular formula is H2MgO7S2-2. The summed E-state index contributed by atoms with van der Waals surface area (Å²) in [4.78, 5) is 0. The molecule has 0 aliphatic rings. The van der Waals surface area contributed by atoms with Gasteiger partial charge in [-0.1, -0.05) is 0 Å². The normalized spacial score (nSPS) is 7.00. The largest absolute Gasteiger partial charge is 2.00 e. The van der Waals surface area contributed by atoms with Crippen molar-refractivity contribution in [2.45, 2.75) is 0 Å². The predicted octanol–water partition coefficient (Wildman–Crippen LogP) is -3.21. The van der Waals surface area contributed by atoms with Crippen LogP contribution < -0.4 is 0 Å². The summed E-state index contributed by atoms with van der Waals surface area (Å²) in [5.41, 5.74) is 0. The van der Waals surface area contributed by atoms with Crippen LogP contribution in [-0.4, -0.2) is 55.2 Å². The molecular weight excluding hydrogens is 200 g/mol. The fraction of sp³-hybridized carbons (Fsp3) is 0. The second-order valence-electron chi connectivity index (χ2n) is 0.408. The van der Waals surface area contributed by atoms with E-state index in [4.69, 9.17) is 26.6 Å². The summed E-state index contributed by atoms with van der Waals surface area (Å²) in [5, 5.41) is 0. The van der Waals surface area contributed by atoms with Crippen LogP contribution in [0.5, 0.6) is 0 Å². The third-order valence-corrected chi connectivity index (χ3v) is 0. The maximum atomic E-state index is 8.44. The molecule has 0 heterocycles. The van der Waals surface area contributed by atoms with E-state index in [0.717, 1.165) is 0 Å². The first-order valence-corrected chi connectivity index (χ1v) is 3.00. The molecule has 2 N–H and O–H groups in total. The van der Waals surface area contributed by atoms with E-state index in [2.05, 4.69) is 0 Å². The van der Waals surface area contributed by atoms with Crippen LogP contribution >= 0.6 is 0 Å². The molecule has 0 rings (SSSR count). The van der Waals surface area contributed by atoms with E-state index in [0.29, 0.717) is 0 Å². The van der Waals surface area contributed by atoms with Gasteiger partial charge in [0, 0.05) is 0 Å². The molecule has 0 saturated heterocycles. The first-order valence-electron chi connectivity index (χ1n) is 1.00. The van der Waals surface area contributed by atoms with Gasteiger partial charge in [-0.3, -0.25) is 8.42 Å². The summed E-state index contributed by atoms with van der Waals surface area (Å²) in [6.07, 6.45) is 0. The SMILES string of the molecule is O.O=S([O-])[O-].O=S([O-])[O-].[Mg+2]. The Bertz CT molecular complexity index is 69.6. The monoisotopic (exact) mass is 202 g/mol. The van der Waals surface area contributed by atoms with Crippen molar-refractivity contribution >= 4 is 45.8 Å². The molecule has 0 radical (unpaired) electrons. The van der Waals surface area contributed by atoms with Crippen molar-refractivity contribution in [1.29, 1.82) is 0 Å². The van der Waals surface area contributed by atoms with Crippen molar-refractivity contribution in [2.24, 2.45) is 0 Å². The van der Waals surface area contributed by atoms with Crippen LogP contribution in [0.3, 0.4) is 0 Å². The summed E-state index contributed by atoms with van der Waals surface area (Å²) in [7, 11) is 0. The average Bonchev–Trinajstić information content (AvgIpc) is 1.25. The molecule has 0 fully saturated rings. The molecule has 0 spiro atoms. The first kappa shape index (κ1) is 22.4. The molecule has 10 heavy (non-hydrogen) atoms. The smallest absolute Gasteiger partial charge is 0.784 e. The van der Waals surface area contributed by atoms with E-state index in [1.54, 1.807) is 0 Å². The van der Waals surface area contributed by atoms with Crippen LogP contribution in [0.25, 0.3) is 0 Å². The molecule has 0 unspecified atom stereocenters. The molecule has 10 heteroatoms. The minimum Gasteiger partial charge on any atom is -0.784 e. The van der Waals surface area contributed by atoms with Gasteiger partial charge in [-0.05, 0) is 0 Å². The fourth-order valence-electron chi connectivity index (χ4n) is 0. The van der Waals surface area contributed by atoms with Crippen molar-refractivity contribution < 1.29 is 32.1 Å². The van der Waals surface area contributed by atoms with Crippen LogP contribution in [0.1, 0.15) is 0 Å². The molecule has 0 bridgehead atoms. The van der Waals surface area contributed by atoms with Gasteiger partial charge < -0.3 is 23.7 Å². The standard InChI is InChI=1S/Mg.2H2O3S.H2O/c;2*1-4(2)3;/h;2*(H2,1,2,3);1H2/q+2;;;/p-4. The van der Waals surface area contributed by atoms with Crippen molar-refractivity contribution in [2.75, 3.05) is 0 Å². The Kier molecular flexibility index (Phi) is 36.9. The molecule has 0 saturated carbocycles. The van der Waals surface area contributed by atoms with Gasteiger partial charge in [-0.2, -0.15) is 0 Å². The second kappa shape index (κ2) is 16.5. The summed E-state index contributed by atoms with van der Waals surface area (Å²) < 4.78 is 50.7. The zero-order valence-electron chi connectivity index (χ0n) is 4.47. The third-order valence-electron chi connectivity index (χ3n) is 0. The fourth-order valence-corrected chi connectivity index (χ4v) is 0. The Hall–Kier alpha value is 0.866. The topological polar surface area (TPSA) is 158 Å². The number of rotatable bonds is 0. The Labute approximate surface area is 77.9 Å². The van der Waals surface area contributed by atoms with Gasteiger partial charge in [0.25, 0.3) is 0 Å². The molecule has 60 valence electrons. The minimum absolute atomic E-state index is 0. The first-order chi connectivity index (χ1) is 3.46. The van der Waals surface area contributed by atoms with Crippen molar-refractivity contribution in [3.05, 3.63) is 0 Å². The average molecular weight is 202 g/mol. The number of hydrogen-bond acceptors (Lipinski definition) is 6.